The molecule has 8 rings (SSSR count). The Morgan fingerprint density at radius 1 is 1.02 bits per heavy atom. The first-order valence-corrected chi connectivity index (χ1v) is 16.6. The minimum atomic E-state index is -0.829. The molecule has 7 nitrogen and oxygen atoms in total. The highest BCUT2D eigenvalue weighted by Crippen LogP contribution is 2.42. The van der Waals surface area contributed by atoms with E-state index in [1.54, 1.807) is 18.2 Å². The van der Waals surface area contributed by atoms with Crippen molar-refractivity contribution in [3.05, 3.63) is 53.8 Å². The number of aromatic hydroxyl groups is 1. The van der Waals surface area contributed by atoms with Gasteiger partial charge in [-0.3, -0.25) is 4.90 Å². The summed E-state index contributed by atoms with van der Waals surface area (Å²) in [5, 5.41) is 16.9. The summed E-state index contributed by atoms with van der Waals surface area (Å²) in [5.74, 6) is 0.732. The number of hydrogen-bond acceptors (Lipinski definition) is 7. The van der Waals surface area contributed by atoms with Gasteiger partial charge >= 0.3 is 6.01 Å². The number of rotatable bonds is 6. The Bertz CT molecular complexity index is 1770. The minimum Gasteiger partial charge on any atom is -0.508 e. The van der Waals surface area contributed by atoms with Gasteiger partial charge in [-0.25, -0.2) is 8.78 Å². The predicted octanol–water partition coefficient (Wildman–Crippen LogP) is 6.53. The Hall–Kier alpha value is -3.56. The Morgan fingerprint density at radius 3 is 2.69 bits per heavy atom. The van der Waals surface area contributed by atoms with Gasteiger partial charge in [0.2, 0.25) is 0 Å². The van der Waals surface area contributed by atoms with Crippen LogP contribution in [0.3, 0.4) is 0 Å². The summed E-state index contributed by atoms with van der Waals surface area (Å²) in [6.45, 7) is 6.54. The first kappa shape index (κ1) is 28.9. The number of piperidine rings is 1. The van der Waals surface area contributed by atoms with Crippen LogP contribution in [0.4, 0.5) is 14.6 Å². The zero-order valence-corrected chi connectivity index (χ0v) is 25.9. The summed E-state index contributed by atoms with van der Waals surface area (Å²) in [5.41, 5.74) is 2.88. The molecule has 4 aliphatic rings. The molecule has 4 aromatic rings. The van der Waals surface area contributed by atoms with Crippen LogP contribution in [0.2, 0.25) is 0 Å². The Kier molecular flexibility index (Phi) is 7.09. The largest absolute Gasteiger partial charge is 0.508 e. The maximum Gasteiger partial charge on any atom is 0.319 e. The average Bonchev–Trinajstić information content (AvgIpc) is 3.74. The Labute approximate surface area is 262 Å². The number of ether oxygens (including phenoxy) is 1. The van der Waals surface area contributed by atoms with Crippen molar-refractivity contribution in [3.8, 4) is 22.9 Å². The zero-order valence-electron chi connectivity index (χ0n) is 25.9. The van der Waals surface area contributed by atoms with Gasteiger partial charge in [-0.1, -0.05) is 19.1 Å². The molecule has 236 valence electrons. The van der Waals surface area contributed by atoms with E-state index in [1.165, 1.54) is 18.9 Å². The van der Waals surface area contributed by atoms with Crippen molar-refractivity contribution in [2.45, 2.75) is 75.5 Å². The summed E-state index contributed by atoms with van der Waals surface area (Å²) in [6.07, 6.45) is 6.71. The summed E-state index contributed by atoms with van der Waals surface area (Å²) in [4.78, 5) is 14.5. The molecule has 1 aromatic heterocycles. The second-order valence-corrected chi connectivity index (χ2v) is 13.7. The lowest BCUT2D eigenvalue weighted by atomic mass is 9.86. The molecule has 0 unspecified atom stereocenters. The van der Waals surface area contributed by atoms with Crippen LogP contribution in [0.25, 0.3) is 32.8 Å². The maximum atomic E-state index is 15.0. The number of hydrogen-bond donors (Lipinski definition) is 2. The second-order valence-electron chi connectivity index (χ2n) is 13.7. The first-order chi connectivity index (χ1) is 21.9. The van der Waals surface area contributed by atoms with E-state index >= 15 is 0 Å². The molecule has 1 spiro atoms. The van der Waals surface area contributed by atoms with Crippen molar-refractivity contribution >= 4 is 27.5 Å². The lowest BCUT2D eigenvalue weighted by Crippen LogP contribution is -2.50. The van der Waals surface area contributed by atoms with E-state index in [0.717, 1.165) is 90.5 Å². The Morgan fingerprint density at radius 2 is 1.89 bits per heavy atom. The molecular formula is C36H41F2N5O2. The third-order valence-electron chi connectivity index (χ3n) is 11.1. The van der Waals surface area contributed by atoms with E-state index in [2.05, 4.69) is 15.1 Å². The summed E-state index contributed by atoms with van der Waals surface area (Å²) < 4.78 is 35.9. The topological polar surface area (TPSA) is 73.8 Å². The fraction of sp³-hybridized carbons (Fsp3) is 0.500. The highest BCUT2D eigenvalue weighted by Gasteiger charge is 2.49. The lowest BCUT2D eigenvalue weighted by Gasteiger charge is -2.40. The van der Waals surface area contributed by atoms with Crippen LogP contribution in [0.15, 0.2) is 42.5 Å². The number of alkyl halides is 1. The van der Waals surface area contributed by atoms with Crippen LogP contribution < -0.4 is 15.0 Å². The van der Waals surface area contributed by atoms with Gasteiger partial charge in [0.15, 0.2) is 0 Å². The van der Waals surface area contributed by atoms with Crippen molar-refractivity contribution in [3.63, 3.8) is 0 Å². The normalized spacial score (nSPS) is 24.7. The highest BCUT2D eigenvalue weighted by molar-refractivity contribution is 6.02. The Balaban J connectivity index is 1.21. The molecule has 0 saturated carbocycles. The van der Waals surface area contributed by atoms with Crippen LogP contribution in [-0.4, -0.2) is 76.6 Å². The zero-order chi connectivity index (χ0) is 30.8. The van der Waals surface area contributed by atoms with E-state index in [9.17, 15) is 13.9 Å². The number of phenolic OH excluding ortho intramolecular Hbond substituents is 1. The third kappa shape index (κ3) is 4.99. The van der Waals surface area contributed by atoms with Gasteiger partial charge in [0, 0.05) is 37.0 Å². The van der Waals surface area contributed by atoms with Gasteiger partial charge < -0.3 is 20.1 Å². The van der Waals surface area contributed by atoms with Crippen molar-refractivity contribution in [1.82, 2.24) is 20.2 Å². The van der Waals surface area contributed by atoms with Gasteiger partial charge in [-0.05, 0) is 116 Å². The van der Waals surface area contributed by atoms with Gasteiger partial charge in [0.05, 0.1) is 11.1 Å². The molecule has 4 fully saturated rings. The number of phenols is 1. The number of aryl methyl sites for hydroxylation is 1. The monoisotopic (exact) mass is 613 g/mol. The van der Waals surface area contributed by atoms with Gasteiger partial charge in [0.25, 0.3) is 0 Å². The molecule has 0 radical (unpaired) electrons. The molecule has 2 atom stereocenters. The van der Waals surface area contributed by atoms with Crippen LogP contribution in [0, 0.1) is 5.82 Å². The van der Waals surface area contributed by atoms with E-state index in [1.807, 2.05) is 25.1 Å². The van der Waals surface area contributed by atoms with Gasteiger partial charge in [-0.2, -0.15) is 9.97 Å². The number of fused-ring (bicyclic) bond motifs is 3. The van der Waals surface area contributed by atoms with E-state index in [0.29, 0.717) is 37.6 Å². The number of halogens is 2. The molecule has 0 amide bonds. The van der Waals surface area contributed by atoms with Crippen molar-refractivity contribution in [2.75, 3.05) is 44.2 Å². The summed E-state index contributed by atoms with van der Waals surface area (Å²) in [7, 11) is 0. The molecule has 2 N–H and O–H groups in total. The minimum absolute atomic E-state index is 0.129. The fourth-order valence-electron chi connectivity index (χ4n) is 8.73. The number of nitrogens with one attached hydrogen (secondary N) is 1. The smallest absolute Gasteiger partial charge is 0.319 e. The van der Waals surface area contributed by atoms with Crippen LogP contribution in [-0.2, 0) is 6.42 Å². The number of aromatic nitrogens is 2. The quantitative estimate of drug-likeness (QED) is 0.256. The second kappa shape index (κ2) is 11.1. The molecule has 3 aromatic carbocycles. The van der Waals surface area contributed by atoms with E-state index in [-0.39, 0.29) is 22.6 Å². The van der Waals surface area contributed by atoms with Crippen LogP contribution in [0.1, 0.15) is 57.4 Å². The number of benzene rings is 3. The first-order valence-electron chi connectivity index (χ1n) is 16.6. The van der Waals surface area contributed by atoms with Crippen LogP contribution >= 0.6 is 0 Å². The molecule has 4 saturated heterocycles. The molecule has 0 bridgehead atoms. The summed E-state index contributed by atoms with van der Waals surface area (Å²) >= 11 is 0. The summed E-state index contributed by atoms with van der Waals surface area (Å²) in [6, 6.07) is 13.0. The molecule has 45 heavy (non-hydrogen) atoms. The standard InChI is InChI=1S/C36H41F2N5O2/c1-2-27-30(38)8-6-24-17-26(44)19-29(32(24)27)23-5-7-28-31(18-23)40-34(45-22-36-10-4-14-43(36)21-25(37)20-36)41-33(28)42-15-11-35(12-16-42)9-3-13-39-35/h5-8,17-19,25,39,44H,2-4,9-16,20-22H2,1H3/t25-,36+/m1/s1. The average molecular weight is 614 g/mol. The molecule has 4 aliphatic heterocycles. The van der Waals surface area contributed by atoms with Gasteiger partial charge in [-0.15, -0.1) is 0 Å². The maximum absolute atomic E-state index is 15.0. The fourth-order valence-corrected chi connectivity index (χ4v) is 8.73. The number of anilines is 1. The lowest BCUT2D eigenvalue weighted by molar-refractivity contribution is 0.107. The predicted molar refractivity (Wildman–Crippen MR) is 173 cm³/mol. The molecular weight excluding hydrogens is 572 g/mol. The molecule has 0 aliphatic carbocycles. The highest BCUT2D eigenvalue weighted by atomic mass is 19.1. The molecule has 9 heteroatoms. The van der Waals surface area contributed by atoms with Gasteiger partial charge in [0.1, 0.15) is 30.2 Å². The van der Waals surface area contributed by atoms with Crippen molar-refractivity contribution in [2.24, 2.45) is 0 Å². The number of nitrogens with zero attached hydrogens (tertiary/aromatic N) is 4. The van der Waals surface area contributed by atoms with E-state index in [4.69, 9.17) is 14.7 Å². The molecule has 5 heterocycles. The third-order valence-corrected chi connectivity index (χ3v) is 11.1. The van der Waals surface area contributed by atoms with E-state index < -0.39 is 6.17 Å². The SMILES string of the molecule is CCc1c(F)ccc2cc(O)cc(-c3ccc4c(N5CCC6(CCCN6)CC5)nc(OC[C@@]56CCCN5C[C@H](F)C6)nc4c3)c12. The van der Waals surface area contributed by atoms with Crippen molar-refractivity contribution in [1.29, 1.82) is 0 Å². The van der Waals surface area contributed by atoms with Crippen molar-refractivity contribution < 1.29 is 18.6 Å². The van der Waals surface area contributed by atoms with Crippen LogP contribution in [0.5, 0.6) is 11.8 Å².